The number of hydrogen-bond acceptors (Lipinski definition) is 5. The van der Waals surface area contributed by atoms with Crippen LogP contribution in [0.2, 0.25) is 0 Å². The van der Waals surface area contributed by atoms with Crippen molar-refractivity contribution < 1.29 is 19.2 Å². The molecular weight excluding hydrogens is 266 g/mol. The van der Waals surface area contributed by atoms with Crippen molar-refractivity contribution in [3.8, 4) is 0 Å². The number of nitro benzene ring substituents is 1. The van der Waals surface area contributed by atoms with Crippen LogP contribution in [0.5, 0.6) is 0 Å². The normalized spacial score (nSPS) is 10.0. The minimum Gasteiger partial charge on any atom is -0.465 e. The average molecular weight is 281 g/mol. The van der Waals surface area contributed by atoms with E-state index in [0.29, 0.717) is 0 Å². The number of nitrogens with zero attached hydrogens (tertiary/aromatic N) is 1. The maximum Gasteiger partial charge on any atom is 0.339 e. The molecule has 20 heavy (non-hydrogen) atoms. The molecular formula is C12H15N3O5. The van der Waals surface area contributed by atoms with Crippen LogP contribution in [0.1, 0.15) is 24.2 Å². The van der Waals surface area contributed by atoms with E-state index >= 15 is 0 Å². The van der Waals surface area contributed by atoms with Crippen LogP contribution < -0.4 is 10.6 Å². The molecule has 108 valence electrons. The quantitative estimate of drug-likeness (QED) is 0.497. The zero-order chi connectivity index (χ0) is 15.3. The van der Waals surface area contributed by atoms with Gasteiger partial charge in [-0.05, 0) is 19.9 Å². The first-order valence-corrected chi connectivity index (χ1v) is 5.79. The molecule has 8 nitrogen and oxygen atoms in total. The molecule has 0 saturated carbocycles. The van der Waals surface area contributed by atoms with E-state index < -0.39 is 16.9 Å². The molecule has 0 aliphatic carbocycles. The average Bonchev–Trinajstić information content (AvgIpc) is 2.36. The van der Waals surface area contributed by atoms with Gasteiger partial charge in [-0.3, -0.25) is 10.1 Å². The molecule has 0 heterocycles. The topological polar surface area (TPSA) is 111 Å². The van der Waals surface area contributed by atoms with Gasteiger partial charge in [-0.25, -0.2) is 9.59 Å². The Bertz CT molecular complexity index is 542. The van der Waals surface area contributed by atoms with E-state index in [4.69, 9.17) is 0 Å². The van der Waals surface area contributed by atoms with Gasteiger partial charge in [-0.2, -0.15) is 0 Å². The first kappa shape index (κ1) is 15.4. The molecule has 0 bridgehead atoms. The number of carbonyl (C=O) groups is 2. The number of non-ortho nitro benzene ring substituents is 1. The number of ether oxygens (including phenoxy) is 1. The Hall–Kier alpha value is -2.64. The van der Waals surface area contributed by atoms with E-state index in [1.807, 2.05) is 0 Å². The van der Waals surface area contributed by atoms with Crippen molar-refractivity contribution in [1.82, 2.24) is 5.32 Å². The maximum atomic E-state index is 11.6. The van der Waals surface area contributed by atoms with Gasteiger partial charge in [0.25, 0.3) is 5.69 Å². The van der Waals surface area contributed by atoms with Crippen LogP contribution in [0.3, 0.4) is 0 Å². The fraction of sp³-hybridized carbons (Fsp3) is 0.333. The molecule has 0 aliphatic heterocycles. The monoisotopic (exact) mass is 281 g/mol. The molecule has 0 fully saturated rings. The summed E-state index contributed by atoms with van der Waals surface area (Å²) in [6.07, 6.45) is 0. The molecule has 0 aromatic heterocycles. The molecule has 0 unspecified atom stereocenters. The van der Waals surface area contributed by atoms with E-state index in [2.05, 4.69) is 15.4 Å². The Morgan fingerprint density at radius 2 is 2.00 bits per heavy atom. The Labute approximate surface area is 115 Å². The van der Waals surface area contributed by atoms with Gasteiger partial charge < -0.3 is 15.4 Å². The molecule has 8 heteroatoms. The van der Waals surface area contributed by atoms with E-state index in [0.717, 1.165) is 12.1 Å². The number of carbonyl (C=O) groups excluding carboxylic acids is 2. The van der Waals surface area contributed by atoms with E-state index in [1.54, 1.807) is 13.8 Å². The fourth-order valence-corrected chi connectivity index (χ4v) is 1.46. The summed E-state index contributed by atoms with van der Waals surface area (Å²) in [6.45, 7) is 3.52. The van der Waals surface area contributed by atoms with Gasteiger partial charge in [0.1, 0.15) is 0 Å². The second kappa shape index (κ2) is 6.50. The lowest BCUT2D eigenvalue weighted by molar-refractivity contribution is -0.384. The molecule has 1 aromatic carbocycles. The molecule has 0 aliphatic rings. The van der Waals surface area contributed by atoms with Crippen molar-refractivity contribution in [2.24, 2.45) is 0 Å². The van der Waals surface area contributed by atoms with Crippen LogP contribution in [0.15, 0.2) is 18.2 Å². The zero-order valence-electron chi connectivity index (χ0n) is 11.3. The smallest absolute Gasteiger partial charge is 0.339 e. The number of benzene rings is 1. The third kappa shape index (κ3) is 3.94. The summed E-state index contributed by atoms with van der Waals surface area (Å²) in [5.41, 5.74) is -0.182. The lowest BCUT2D eigenvalue weighted by atomic mass is 10.1. The van der Waals surface area contributed by atoms with Crippen molar-refractivity contribution >= 4 is 23.4 Å². The van der Waals surface area contributed by atoms with E-state index in [-0.39, 0.29) is 23.0 Å². The highest BCUT2D eigenvalue weighted by Crippen LogP contribution is 2.23. The Morgan fingerprint density at radius 3 is 2.50 bits per heavy atom. The van der Waals surface area contributed by atoms with Crippen LogP contribution in [-0.4, -0.2) is 30.1 Å². The third-order valence-corrected chi connectivity index (χ3v) is 2.29. The number of methoxy groups -OCH3 is 1. The van der Waals surface area contributed by atoms with Gasteiger partial charge in [0.2, 0.25) is 0 Å². The molecule has 0 atom stereocenters. The van der Waals surface area contributed by atoms with Crippen LogP contribution in [0.25, 0.3) is 0 Å². The number of hydrogen-bond donors (Lipinski definition) is 2. The van der Waals surface area contributed by atoms with Gasteiger partial charge in [0, 0.05) is 18.2 Å². The summed E-state index contributed by atoms with van der Waals surface area (Å²) in [5.74, 6) is -0.695. The number of amides is 2. The number of urea groups is 1. The van der Waals surface area contributed by atoms with Gasteiger partial charge in [0.05, 0.1) is 23.3 Å². The number of esters is 1. The highest BCUT2D eigenvalue weighted by atomic mass is 16.6. The summed E-state index contributed by atoms with van der Waals surface area (Å²) < 4.78 is 4.56. The molecule has 0 radical (unpaired) electrons. The van der Waals surface area contributed by atoms with Gasteiger partial charge in [0.15, 0.2) is 0 Å². The maximum absolute atomic E-state index is 11.6. The van der Waals surface area contributed by atoms with Crippen molar-refractivity contribution in [2.45, 2.75) is 19.9 Å². The SMILES string of the molecule is COC(=O)c1ccc([N+](=O)[O-])cc1NC(=O)NC(C)C. The highest BCUT2D eigenvalue weighted by Gasteiger charge is 2.18. The fourth-order valence-electron chi connectivity index (χ4n) is 1.46. The molecule has 1 aromatic rings. The second-order valence-electron chi connectivity index (χ2n) is 4.23. The predicted octanol–water partition coefficient (Wildman–Crippen LogP) is 1.91. The Balaban J connectivity index is 3.11. The number of nitrogens with one attached hydrogen (secondary N) is 2. The first-order chi connectivity index (χ1) is 9.35. The van der Waals surface area contributed by atoms with Crippen molar-refractivity contribution in [1.29, 1.82) is 0 Å². The van der Waals surface area contributed by atoms with Crippen LogP contribution in [0.4, 0.5) is 16.2 Å². The van der Waals surface area contributed by atoms with Gasteiger partial charge >= 0.3 is 12.0 Å². The molecule has 2 amide bonds. The van der Waals surface area contributed by atoms with Crippen LogP contribution in [0, 0.1) is 10.1 Å². The number of nitro groups is 1. The minimum atomic E-state index is -0.695. The van der Waals surface area contributed by atoms with Crippen molar-refractivity contribution in [3.63, 3.8) is 0 Å². The summed E-state index contributed by atoms with van der Waals surface area (Å²) in [4.78, 5) is 33.3. The second-order valence-corrected chi connectivity index (χ2v) is 4.23. The molecule has 0 saturated heterocycles. The predicted molar refractivity (Wildman–Crippen MR) is 71.7 cm³/mol. The van der Waals surface area contributed by atoms with Gasteiger partial charge in [-0.15, -0.1) is 0 Å². The summed E-state index contributed by atoms with van der Waals surface area (Å²) in [7, 11) is 1.18. The van der Waals surface area contributed by atoms with E-state index in [9.17, 15) is 19.7 Å². The zero-order valence-corrected chi connectivity index (χ0v) is 11.3. The minimum absolute atomic E-state index is 0.0178. The lowest BCUT2D eigenvalue weighted by Crippen LogP contribution is -2.34. The summed E-state index contributed by atoms with van der Waals surface area (Å²) in [5, 5.41) is 15.7. The Morgan fingerprint density at radius 1 is 1.35 bits per heavy atom. The summed E-state index contributed by atoms with van der Waals surface area (Å²) in [6, 6.07) is 2.82. The largest absolute Gasteiger partial charge is 0.465 e. The van der Waals surface area contributed by atoms with E-state index in [1.165, 1.54) is 13.2 Å². The molecule has 2 N–H and O–H groups in total. The standard InChI is InChI=1S/C12H15N3O5/c1-7(2)13-12(17)14-10-6-8(15(18)19)4-5-9(10)11(16)20-3/h4-7H,1-3H3,(H2,13,14,17). The first-order valence-electron chi connectivity index (χ1n) is 5.79. The van der Waals surface area contributed by atoms with Crippen molar-refractivity contribution in [2.75, 3.05) is 12.4 Å². The molecule has 0 spiro atoms. The highest BCUT2D eigenvalue weighted by molar-refractivity contribution is 6.01. The Kier molecular flexibility index (Phi) is 5.01. The summed E-state index contributed by atoms with van der Waals surface area (Å²) >= 11 is 0. The third-order valence-electron chi connectivity index (χ3n) is 2.29. The number of rotatable bonds is 4. The van der Waals surface area contributed by atoms with Crippen LogP contribution in [-0.2, 0) is 4.74 Å². The lowest BCUT2D eigenvalue weighted by Gasteiger charge is -2.12. The number of anilines is 1. The molecule has 1 rings (SSSR count). The van der Waals surface area contributed by atoms with Crippen LogP contribution >= 0.6 is 0 Å². The van der Waals surface area contributed by atoms with Gasteiger partial charge in [-0.1, -0.05) is 0 Å². The van der Waals surface area contributed by atoms with Crippen molar-refractivity contribution in [3.05, 3.63) is 33.9 Å².